The zero-order valence-electron chi connectivity index (χ0n) is 15.0. The minimum atomic E-state index is -0.442. The zero-order valence-corrected chi connectivity index (χ0v) is 15.0. The highest BCUT2D eigenvalue weighted by atomic mass is 16.6. The van der Waals surface area contributed by atoms with Crippen LogP contribution in [-0.4, -0.2) is 15.8 Å². The first-order valence-electron chi connectivity index (χ1n) is 8.40. The average Bonchev–Trinajstić information content (AvgIpc) is 3.12. The molecule has 0 aliphatic rings. The summed E-state index contributed by atoms with van der Waals surface area (Å²) in [5.41, 5.74) is 0.921. The molecule has 0 atom stereocenters. The van der Waals surface area contributed by atoms with Crippen LogP contribution in [0.15, 0.2) is 65.1 Å². The number of carbonyl (C=O) groups excluding carboxylic acids is 1. The van der Waals surface area contributed by atoms with Gasteiger partial charge in [0, 0.05) is 17.2 Å². The molecule has 1 N–H and O–H groups in total. The van der Waals surface area contributed by atoms with Crippen LogP contribution in [0.1, 0.15) is 27.4 Å². The third-order valence-electron chi connectivity index (χ3n) is 3.96. The smallest absolute Gasteiger partial charge is 0.272 e. The number of aryl methyl sites for hydroxylation is 1. The third-order valence-corrected chi connectivity index (χ3v) is 3.96. The topological polar surface area (TPSA) is 103 Å². The number of phenols is 1. The summed E-state index contributed by atoms with van der Waals surface area (Å²) in [7, 11) is 0. The first-order valence-corrected chi connectivity index (χ1v) is 8.40. The van der Waals surface area contributed by atoms with Gasteiger partial charge in [-0.3, -0.25) is 14.9 Å². The highest BCUT2D eigenvalue weighted by Crippen LogP contribution is 2.24. The molecule has 0 aliphatic carbocycles. The predicted molar refractivity (Wildman–Crippen MR) is 102 cm³/mol. The maximum absolute atomic E-state index is 12.1. The van der Waals surface area contributed by atoms with Crippen molar-refractivity contribution in [2.24, 2.45) is 0 Å². The Balaban J connectivity index is 1.60. The molecule has 0 spiro atoms. The highest BCUT2D eigenvalue weighted by Gasteiger charge is 2.11. The number of nitro benzene ring substituents is 1. The van der Waals surface area contributed by atoms with Crippen molar-refractivity contribution < 1.29 is 24.0 Å². The number of allylic oxidation sites excluding steroid dienone is 1. The van der Waals surface area contributed by atoms with Crippen LogP contribution < -0.4 is 4.74 Å². The molecular formula is C21H17NO6. The Hall–Kier alpha value is -3.87. The Morgan fingerprint density at radius 2 is 2.04 bits per heavy atom. The second-order valence-electron chi connectivity index (χ2n) is 6.05. The number of carbonyl (C=O) groups is 1. The van der Waals surface area contributed by atoms with Crippen molar-refractivity contribution in [3.63, 3.8) is 0 Å². The molecule has 3 aromatic rings. The summed E-state index contributed by atoms with van der Waals surface area (Å²) in [5.74, 6) is 1.28. The highest BCUT2D eigenvalue weighted by molar-refractivity contribution is 6.06. The van der Waals surface area contributed by atoms with Crippen LogP contribution >= 0.6 is 0 Å². The van der Waals surface area contributed by atoms with E-state index in [0.717, 1.165) is 0 Å². The van der Waals surface area contributed by atoms with Gasteiger partial charge in [0.25, 0.3) is 5.69 Å². The van der Waals surface area contributed by atoms with E-state index in [1.54, 1.807) is 37.3 Å². The van der Waals surface area contributed by atoms with E-state index in [1.807, 2.05) is 0 Å². The number of furan rings is 1. The van der Waals surface area contributed by atoms with Crippen LogP contribution in [0.5, 0.6) is 11.5 Å². The van der Waals surface area contributed by atoms with Crippen LogP contribution in [0, 0.1) is 17.0 Å². The summed E-state index contributed by atoms with van der Waals surface area (Å²) in [6.07, 6.45) is 2.89. The van der Waals surface area contributed by atoms with E-state index in [0.29, 0.717) is 28.4 Å². The summed E-state index contributed by atoms with van der Waals surface area (Å²) < 4.78 is 11.2. The van der Waals surface area contributed by atoms with Crippen molar-refractivity contribution >= 4 is 17.5 Å². The summed E-state index contributed by atoms with van der Waals surface area (Å²) in [5, 5.41) is 20.3. The Morgan fingerprint density at radius 1 is 1.21 bits per heavy atom. The van der Waals surface area contributed by atoms with Crippen LogP contribution in [0.4, 0.5) is 5.69 Å². The number of hydrogen-bond acceptors (Lipinski definition) is 6. The number of ether oxygens (including phenoxy) is 1. The van der Waals surface area contributed by atoms with Gasteiger partial charge in [0.1, 0.15) is 29.6 Å². The van der Waals surface area contributed by atoms with Gasteiger partial charge in [0.2, 0.25) is 0 Å². The van der Waals surface area contributed by atoms with Crippen LogP contribution in [0.2, 0.25) is 0 Å². The summed E-state index contributed by atoms with van der Waals surface area (Å²) in [4.78, 5) is 22.5. The SMILES string of the molecule is Cc1cc(OCc2ccc(/C=C/C(=O)c3cccc(O)c3)o2)ccc1[N+](=O)[O-]. The molecule has 1 heterocycles. The fourth-order valence-corrected chi connectivity index (χ4v) is 2.55. The Morgan fingerprint density at radius 3 is 2.75 bits per heavy atom. The number of aromatic hydroxyl groups is 1. The number of phenolic OH excluding ortho intramolecular Hbond substituents is 1. The summed E-state index contributed by atoms with van der Waals surface area (Å²) in [6.45, 7) is 1.79. The molecule has 0 aliphatic heterocycles. The molecule has 28 heavy (non-hydrogen) atoms. The number of rotatable bonds is 7. The van der Waals surface area contributed by atoms with Gasteiger partial charge in [0.05, 0.1) is 4.92 Å². The standard InChI is InChI=1S/C21H17NO6/c1-14-11-18(7-9-20(14)22(25)26)27-13-19-6-5-17(28-19)8-10-21(24)15-3-2-4-16(23)12-15/h2-12,23H,13H2,1H3/b10-8+. The lowest BCUT2D eigenvalue weighted by Crippen LogP contribution is -1.96. The van der Waals surface area contributed by atoms with Crippen molar-refractivity contribution in [1.82, 2.24) is 0 Å². The zero-order chi connectivity index (χ0) is 20.1. The minimum Gasteiger partial charge on any atom is -0.508 e. The van der Waals surface area contributed by atoms with Crippen molar-refractivity contribution in [2.45, 2.75) is 13.5 Å². The molecule has 142 valence electrons. The molecule has 2 aromatic carbocycles. The first kappa shape index (κ1) is 18.9. The van der Waals surface area contributed by atoms with E-state index in [4.69, 9.17) is 9.15 Å². The second-order valence-corrected chi connectivity index (χ2v) is 6.05. The molecule has 3 rings (SSSR count). The first-order chi connectivity index (χ1) is 13.4. The molecule has 1 aromatic heterocycles. The molecule has 7 nitrogen and oxygen atoms in total. The molecular weight excluding hydrogens is 362 g/mol. The van der Waals surface area contributed by atoms with Crippen LogP contribution in [-0.2, 0) is 6.61 Å². The molecule has 0 bridgehead atoms. The molecule has 0 fully saturated rings. The number of ketones is 1. The fraction of sp³-hybridized carbons (Fsp3) is 0.0952. The number of nitrogens with zero attached hydrogens (tertiary/aromatic N) is 1. The normalized spacial score (nSPS) is 10.9. The van der Waals surface area contributed by atoms with Gasteiger partial charge >= 0.3 is 0 Å². The van der Waals surface area contributed by atoms with Gasteiger partial charge in [0.15, 0.2) is 5.78 Å². The van der Waals surface area contributed by atoms with Crippen molar-refractivity contribution in [3.8, 4) is 11.5 Å². The number of benzene rings is 2. The largest absolute Gasteiger partial charge is 0.508 e. The summed E-state index contributed by atoms with van der Waals surface area (Å²) in [6, 6.07) is 14.0. The maximum atomic E-state index is 12.1. The Kier molecular flexibility index (Phi) is 5.55. The van der Waals surface area contributed by atoms with Crippen LogP contribution in [0.3, 0.4) is 0 Å². The molecule has 0 radical (unpaired) electrons. The van der Waals surface area contributed by atoms with Crippen molar-refractivity contribution in [1.29, 1.82) is 0 Å². The number of hydrogen-bond donors (Lipinski definition) is 1. The minimum absolute atomic E-state index is 0.0261. The van der Waals surface area contributed by atoms with Gasteiger partial charge in [-0.2, -0.15) is 0 Å². The van der Waals surface area contributed by atoms with Gasteiger partial charge in [-0.05, 0) is 55.5 Å². The average molecular weight is 379 g/mol. The fourth-order valence-electron chi connectivity index (χ4n) is 2.55. The molecule has 0 saturated carbocycles. The van der Waals surface area contributed by atoms with Gasteiger partial charge in [-0.15, -0.1) is 0 Å². The van der Waals surface area contributed by atoms with E-state index >= 15 is 0 Å². The molecule has 0 unspecified atom stereocenters. The molecule has 7 heteroatoms. The third kappa shape index (κ3) is 4.64. The van der Waals surface area contributed by atoms with Gasteiger partial charge in [-0.1, -0.05) is 12.1 Å². The monoisotopic (exact) mass is 379 g/mol. The lowest BCUT2D eigenvalue weighted by molar-refractivity contribution is -0.385. The summed E-state index contributed by atoms with van der Waals surface area (Å²) >= 11 is 0. The Labute approximate surface area is 160 Å². The van der Waals surface area contributed by atoms with E-state index in [2.05, 4.69) is 0 Å². The second kappa shape index (κ2) is 8.22. The quantitative estimate of drug-likeness (QED) is 0.277. The van der Waals surface area contributed by atoms with E-state index in [9.17, 15) is 20.0 Å². The number of nitro groups is 1. The molecule has 0 saturated heterocycles. The lowest BCUT2D eigenvalue weighted by atomic mass is 10.1. The van der Waals surface area contributed by atoms with Crippen LogP contribution in [0.25, 0.3) is 6.08 Å². The van der Waals surface area contributed by atoms with Crippen molar-refractivity contribution in [2.75, 3.05) is 0 Å². The van der Waals surface area contributed by atoms with E-state index in [-0.39, 0.29) is 23.8 Å². The van der Waals surface area contributed by atoms with E-state index in [1.165, 1.54) is 36.4 Å². The predicted octanol–water partition coefficient (Wildman–Crippen LogP) is 4.68. The maximum Gasteiger partial charge on any atom is 0.272 e. The lowest BCUT2D eigenvalue weighted by Gasteiger charge is -2.05. The van der Waals surface area contributed by atoms with Crippen molar-refractivity contribution in [3.05, 3.63) is 93.4 Å². The van der Waals surface area contributed by atoms with Gasteiger partial charge < -0.3 is 14.3 Å². The Bertz CT molecular complexity index is 1050. The molecule has 0 amide bonds. The van der Waals surface area contributed by atoms with Gasteiger partial charge in [-0.25, -0.2) is 0 Å². The van der Waals surface area contributed by atoms with E-state index < -0.39 is 4.92 Å².